The molecule has 0 radical (unpaired) electrons. The second-order valence-corrected chi connectivity index (χ2v) is 5.90. The zero-order chi connectivity index (χ0) is 12.8. The monoisotopic (exact) mass is 281 g/mol. The van der Waals surface area contributed by atoms with E-state index >= 15 is 0 Å². The zero-order valence-electron chi connectivity index (χ0n) is 8.89. The number of nitrogens with two attached hydrogens (primary N) is 1. The molecule has 2 N–H and O–H groups in total. The van der Waals surface area contributed by atoms with Crippen LogP contribution in [0.2, 0.25) is 0 Å². The molecule has 0 aliphatic carbocycles. The molecule has 1 aromatic carbocycles. The van der Waals surface area contributed by atoms with E-state index in [4.69, 9.17) is 5.14 Å². The first-order valence-corrected chi connectivity index (χ1v) is 7.16. The molecule has 0 amide bonds. The Bertz CT molecular complexity index is 807. The van der Waals surface area contributed by atoms with Crippen LogP contribution in [0.25, 0.3) is 15.9 Å². The summed E-state index contributed by atoms with van der Waals surface area (Å²) in [7, 11) is -3.70. The molecule has 0 atom stereocenters. The van der Waals surface area contributed by atoms with Crippen molar-refractivity contribution < 1.29 is 8.42 Å². The van der Waals surface area contributed by atoms with E-state index in [9.17, 15) is 8.42 Å². The summed E-state index contributed by atoms with van der Waals surface area (Å²) >= 11 is 1.20. The highest BCUT2D eigenvalue weighted by atomic mass is 32.2. The molecular weight excluding hydrogens is 274 g/mol. The van der Waals surface area contributed by atoms with E-state index in [0.29, 0.717) is 5.39 Å². The van der Waals surface area contributed by atoms with Gasteiger partial charge in [-0.3, -0.25) is 0 Å². The predicted octanol–water partition coefficient (Wildman–Crippen LogP) is 0.524. The highest BCUT2D eigenvalue weighted by Gasteiger charge is 2.12. The van der Waals surface area contributed by atoms with Gasteiger partial charge in [0, 0.05) is 16.9 Å². The molecule has 0 saturated carbocycles. The Kier molecular flexibility index (Phi) is 2.40. The van der Waals surface area contributed by atoms with Gasteiger partial charge in [-0.25, -0.2) is 18.2 Å². The molecular formula is C9H7N5O2S2. The third-order valence-corrected chi connectivity index (χ3v) is 3.98. The van der Waals surface area contributed by atoms with Crippen LogP contribution < -0.4 is 5.14 Å². The predicted molar refractivity (Wildman–Crippen MR) is 65.9 cm³/mol. The van der Waals surface area contributed by atoms with E-state index in [1.54, 1.807) is 23.1 Å². The lowest BCUT2D eigenvalue weighted by molar-refractivity contribution is 0.598. The van der Waals surface area contributed by atoms with Gasteiger partial charge >= 0.3 is 0 Å². The summed E-state index contributed by atoms with van der Waals surface area (Å²) in [6.45, 7) is 0. The molecule has 0 unspecified atom stereocenters. The van der Waals surface area contributed by atoms with Crippen molar-refractivity contribution >= 4 is 32.5 Å². The minimum absolute atomic E-state index is 0.0666. The van der Waals surface area contributed by atoms with Gasteiger partial charge in [0.05, 0.1) is 22.8 Å². The van der Waals surface area contributed by atoms with Crippen LogP contribution in [0.4, 0.5) is 0 Å². The fraction of sp³-hybridized carbons (Fsp3) is 0. The minimum atomic E-state index is -3.70. The minimum Gasteiger partial charge on any atom is -0.225 e. The standard InChI is InChI=1S/C9H7N5O2S2/c10-18(15,16)7-1-2-8-6(3-7)4-12-14(8)9-5-11-13-17-9/h1-5H,(H2,10,15,16). The molecule has 92 valence electrons. The highest BCUT2D eigenvalue weighted by Crippen LogP contribution is 2.22. The molecule has 0 aliphatic heterocycles. The average Bonchev–Trinajstić information content (AvgIpc) is 2.95. The normalized spacial score (nSPS) is 12.1. The van der Waals surface area contributed by atoms with Crippen LogP contribution in [0.15, 0.2) is 35.5 Å². The average molecular weight is 281 g/mol. The van der Waals surface area contributed by atoms with Crippen molar-refractivity contribution in [2.45, 2.75) is 4.90 Å². The molecule has 0 saturated heterocycles. The van der Waals surface area contributed by atoms with Crippen molar-refractivity contribution in [3.8, 4) is 5.00 Å². The number of fused-ring (bicyclic) bond motifs is 1. The van der Waals surface area contributed by atoms with Gasteiger partial charge in [0.15, 0.2) is 5.00 Å². The number of benzene rings is 1. The number of hydrogen-bond acceptors (Lipinski definition) is 6. The van der Waals surface area contributed by atoms with Gasteiger partial charge in [0.25, 0.3) is 0 Å². The van der Waals surface area contributed by atoms with Crippen molar-refractivity contribution in [3.63, 3.8) is 0 Å². The lowest BCUT2D eigenvalue weighted by atomic mass is 10.2. The molecule has 2 heterocycles. The number of primary sulfonamides is 1. The third kappa shape index (κ3) is 1.78. The Hall–Kier alpha value is -1.84. The molecule has 0 spiro atoms. The molecule has 0 aliphatic rings. The molecule has 2 aromatic heterocycles. The Balaban J connectivity index is 2.23. The summed E-state index contributed by atoms with van der Waals surface area (Å²) in [5, 5.41) is 14.4. The van der Waals surface area contributed by atoms with Crippen LogP contribution in [0, 0.1) is 0 Å². The van der Waals surface area contributed by atoms with Crippen LogP contribution in [-0.2, 0) is 10.0 Å². The molecule has 9 heteroatoms. The zero-order valence-corrected chi connectivity index (χ0v) is 10.5. The van der Waals surface area contributed by atoms with Crippen molar-refractivity contribution in [1.82, 2.24) is 19.4 Å². The smallest absolute Gasteiger partial charge is 0.225 e. The summed E-state index contributed by atoms with van der Waals surface area (Å²) < 4.78 is 27.9. The van der Waals surface area contributed by atoms with Crippen LogP contribution in [0.3, 0.4) is 0 Å². The second-order valence-electron chi connectivity index (χ2n) is 3.58. The maximum atomic E-state index is 11.2. The number of sulfonamides is 1. The van der Waals surface area contributed by atoms with Crippen molar-refractivity contribution in [1.29, 1.82) is 0 Å². The molecule has 3 aromatic rings. The van der Waals surface area contributed by atoms with E-state index < -0.39 is 10.0 Å². The summed E-state index contributed by atoms with van der Waals surface area (Å²) in [5.74, 6) is 0. The maximum absolute atomic E-state index is 11.2. The Morgan fingerprint density at radius 3 is 2.78 bits per heavy atom. The van der Waals surface area contributed by atoms with E-state index in [-0.39, 0.29) is 4.90 Å². The van der Waals surface area contributed by atoms with Gasteiger partial charge in [-0.1, -0.05) is 4.49 Å². The van der Waals surface area contributed by atoms with E-state index in [0.717, 1.165) is 10.5 Å². The number of aromatic nitrogens is 4. The second kappa shape index (κ2) is 3.83. The van der Waals surface area contributed by atoms with E-state index in [2.05, 4.69) is 14.7 Å². The van der Waals surface area contributed by atoms with E-state index in [1.807, 2.05) is 0 Å². The van der Waals surface area contributed by atoms with Crippen LogP contribution in [0.5, 0.6) is 0 Å². The number of hydrogen-bond donors (Lipinski definition) is 1. The van der Waals surface area contributed by atoms with Gasteiger partial charge in [0.1, 0.15) is 0 Å². The Morgan fingerprint density at radius 2 is 2.11 bits per heavy atom. The lowest BCUT2D eigenvalue weighted by Gasteiger charge is -2.00. The van der Waals surface area contributed by atoms with Crippen LogP contribution in [0.1, 0.15) is 0 Å². The SMILES string of the molecule is NS(=O)(=O)c1ccc2c(cnn2-c2cnns2)c1. The molecule has 18 heavy (non-hydrogen) atoms. The largest absolute Gasteiger partial charge is 0.238 e. The summed E-state index contributed by atoms with van der Waals surface area (Å²) in [6, 6.07) is 4.59. The number of rotatable bonds is 2. The third-order valence-electron chi connectivity index (χ3n) is 2.43. The quantitative estimate of drug-likeness (QED) is 0.737. The fourth-order valence-electron chi connectivity index (χ4n) is 1.62. The lowest BCUT2D eigenvalue weighted by Crippen LogP contribution is -2.11. The number of nitrogens with zero attached hydrogens (tertiary/aromatic N) is 4. The van der Waals surface area contributed by atoms with Gasteiger partial charge in [-0.05, 0) is 18.2 Å². The first kappa shape index (κ1) is 11.3. The van der Waals surface area contributed by atoms with Gasteiger partial charge in [0.2, 0.25) is 10.0 Å². The van der Waals surface area contributed by atoms with Crippen molar-refractivity contribution in [3.05, 3.63) is 30.6 Å². The molecule has 0 fully saturated rings. The molecule has 3 rings (SSSR count). The Morgan fingerprint density at radius 1 is 1.28 bits per heavy atom. The topological polar surface area (TPSA) is 104 Å². The highest BCUT2D eigenvalue weighted by molar-refractivity contribution is 7.89. The molecule has 7 nitrogen and oxygen atoms in total. The van der Waals surface area contributed by atoms with Gasteiger partial charge < -0.3 is 0 Å². The first-order chi connectivity index (χ1) is 8.55. The van der Waals surface area contributed by atoms with E-state index in [1.165, 1.54) is 23.7 Å². The van der Waals surface area contributed by atoms with Crippen LogP contribution in [-0.4, -0.2) is 27.8 Å². The summed E-state index contributed by atoms with van der Waals surface area (Å²) in [6.07, 6.45) is 3.16. The van der Waals surface area contributed by atoms with Crippen LogP contribution >= 0.6 is 11.5 Å². The summed E-state index contributed by atoms with van der Waals surface area (Å²) in [5.41, 5.74) is 0.772. The van der Waals surface area contributed by atoms with Gasteiger partial charge in [-0.15, -0.1) is 5.10 Å². The van der Waals surface area contributed by atoms with Gasteiger partial charge in [-0.2, -0.15) is 5.10 Å². The van der Waals surface area contributed by atoms with Crippen molar-refractivity contribution in [2.24, 2.45) is 5.14 Å². The van der Waals surface area contributed by atoms with Crippen molar-refractivity contribution in [2.75, 3.05) is 0 Å². The maximum Gasteiger partial charge on any atom is 0.238 e. The summed E-state index contributed by atoms with van der Waals surface area (Å²) in [4.78, 5) is 0.0666. The molecule has 0 bridgehead atoms. The Labute approximate surface area is 106 Å². The fourth-order valence-corrected chi connectivity index (χ4v) is 2.66. The first-order valence-electron chi connectivity index (χ1n) is 4.84.